The fourth-order valence-electron chi connectivity index (χ4n) is 1.89. The predicted molar refractivity (Wildman–Crippen MR) is 70.5 cm³/mol. The zero-order chi connectivity index (χ0) is 12.3. The summed E-state index contributed by atoms with van der Waals surface area (Å²) in [5, 5.41) is 6.18. The number of aryl methyl sites for hydroxylation is 2. The van der Waals surface area contributed by atoms with E-state index in [0.717, 1.165) is 32.7 Å². The number of thiophene rings is 1. The molecule has 1 aromatic heterocycles. The first-order chi connectivity index (χ1) is 8.16. The Balaban J connectivity index is 1.67. The van der Waals surface area contributed by atoms with E-state index >= 15 is 0 Å². The zero-order valence-corrected chi connectivity index (χ0v) is 11.2. The van der Waals surface area contributed by atoms with Crippen molar-refractivity contribution in [1.29, 1.82) is 0 Å². The summed E-state index contributed by atoms with van der Waals surface area (Å²) < 4.78 is 0. The topological polar surface area (TPSA) is 44.4 Å². The van der Waals surface area contributed by atoms with E-state index in [-0.39, 0.29) is 6.03 Å². The summed E-state index contributed by atoms with van der Waals surface area (Å²) in [6, 6.07) is 2.30. The second-order valence-electron chi connectivity index (χ2n) is 4.35. The van der Waals surface area contributed by atoms with Gasteiger partial charge in [0.25, 0.3) is 0 Å². The van der Waals surface area contributed by atoms with Gasteiger partial charge in [-0.1, -0.05) is 0 Å². The van der Waals surface area contributed by atoms with Crippen molar-refractivity contribution in [2.24, 2.45) is 0 Å². The molecule has 1 aromatic rings. The van der Waals surface area contributed by atoms with Crippen molar-refractivity contribution < 1.29 is 4.79 Å². The SMILES string of the molecule is Cc1cc(CNCCN2CCNC2=O)sc1C. The summed E-state index contributed by atoms with van der Waals surface area (Å²) in [6.45, 7) is 8.44. The molecular formula is C12H19N3OS. The number of nitrogens with one attached hydrogen (secondary N) is 2. The lowest BCUT2D eigenvalue weighted by Gasteiger charge is -2.13. The molecule has 1 fully saturated rings. The summed E-state index contributed by atoms with van der Waals surface area (Å²) in [4.78, 5) is 15.9. The normalized spacial score (nSPS) is 15.4. The lowest BCUT2D eigenvalue weighted by Crippen LogP contribution is -2.34. The highest BCUT2D eigenvalue weighted by molar-refractivity contribution is 7.12. The van der Waals surface area contributed by atoms with Crippen LogP contribution in [0.25, 0.3) is 0 Å². The minimum atomic E-state index is 0.0645. The quantitative estimate of drug-likeness (QED) is 0.781. The molecule has 0 saturated carbocycles. The van der Waals surface area contributed by atoms with Crippen molar-refractivity contribution in [2.45, 2.75) is 20.4 Å². The van der Waals surface area contributed by atoms with Gasteiger partial charge in [0.15, 0.2) is 0 Å². The first-order valence-corrected chi connectivity index (χ1v) is 6.78. The van der Waals surface area contributed by atoms with Crippen LogP contribution >= 0.6 is 11.3 Å². The highest BCUT2D eigenvalue weighted by Gasteiger charge is 2.17. The van der Waals surface area contributed by atoms with Crippen LogP contribution in [0.2, 0.25) is 0 Å². The van der Waals surface area contributed by atoms with Gasteiger partial charge in [-0.05, 0) is 25.5 Å². The van der Waals surface area contributed by atoms with Gasteiger partial charge in [0.2, 0.25) is 0 Å². The highest BCUT2D eigenvalue weighted by Crippen LogP contribution is 2.20. The monoisotopic (exact) mass is 253 g/mol. The summed E-state index contributed by atoms with van der Waals surface area (Å²) >= 11 is 1.84. The molecule has 17 heavy (non-hydrogen) atoms. The Hall–Kier alpha value is -1.07. The minimum absolute atomic E-state index is 0.0645. The van der Waals surface area contributed by atoms with Gasteiger partial charge in [-0.2, -0.15) is 0 Å². The fourth-order valence-corrected chi connectivity index (χ4v) is 2.91. The second kappa shape index (κ2) is 5.51. The summed E-state index contributed by atoms with van der Waals surface area (Å²) in [7, 11) is 0. The Kier molecular flexibility index (Phi) is 4.02. The molecule has 5 heteroatoms. The van der Waals surface area contributed by atoms with Crippen LogP contribution in [0.4, 0.5) is 4.79 Å². The van der Waals surface area contributed by atoms with Gasteiger partial charge in [-0.25, -0.2) is 4.79 Å². The number of hydrogen-bond donors (Lipinski definition) is 2. The maximum absolute atomic E-state index is 11.3. The highest BCUT2D eigenvalue weighted by atomic mass is 32.1. The third kappa shape index (κ3) is 3.20. The number of nitrogens with zero attached hydrogens (tertiary/aromatic N) is 1. The molecule has 0 aliphatic carbocycles. The number of carbonyl (C=O) groups excluding carboxylic acids is 1. The Bertz CT molecular complexity index is 383. The van der Waals surface area contributed by atoms with Crippen LogP contribution in [0.15, 0.2) is 6.07 Å². The number of rotatable bonds is 5. The van der Waals surface area contributed by atoms with Gasteiger partial charge in [0, 0.05) is 42.5 Å². The van der Waals surface area contributed by atoms with E-state index in [1.807, 2.05) is 16.2 Å². The molecule has 1 aliphatic rings. The average molecular weight is 253 g/mol. The molecule has 0 bridgehead atoms. The van der Waals surface area contributed by atoms with Gasteiger partial charge in [0.1, 0.15) is 0 Å². The van der Waals surface area contributed by atoms with E-state index in [1.165, 1.54) is 15.3 Å². The Labute approximate surface area is 106 Å². The molecule has 1 aliphatic heterocycles. The molecule has 1 saturated heterocycles. The van der Waals surface area contributed by atoms with E-state index in [9.17, 15) is 4.79 Å². The number of carbonyl (C=O) groups is 1. The zero-order valence-electron chi connectivity index (χ0n) is 10.4. The van der Waals surface area contributed by atoms with E-state index in [2.05, 4.69) is 30.5 Å². The largest absolute Gasteiger partial charge is 0.336 e. The molecule has 2 N–H and O–H groups in total. The molecule has 0 radical (unpaired) electrons. The van der Waals surface area contributed by atoms with E-state index in [0.29, 0.717) is 0 Å². The summed E-state index contributed by atoms with van der Waals surface area (Å²) in [6.07, 6.45) is 0. The lowest BCUT2D eigenvalue weighted by atomic mass is 10.3. The maximum atomic E-state index is 11.3. The summed E-state index contributed by atoms with van der Waals surface area (Å²) in [5.41, 5.74) is 1.37. The van der Waals surface area contributed by atoms with Crippen LogP contribution in [0, 0.1) is 13.8 Å². The Morgan fingerprint density at radius 1 is 1.53 bits per heavy atom. The average Bonchev–Trinajstić information content (AvgIpc) is 2.82. The van der Waals surface area contributed by atoms with Crippen LogP contribution < -0.4 is 10.6 Å². The van der Waals surface area contributed by atoms with E-state index < -0.39 is 0 Å². The summed E-state index contributed by atoms with van der Waals surface area (Å²) in [5.74, 6) is 0. The molecule has 0 unspecified atom stereocenters. The molecule has 2 heterocycles. The number of hydrogen-bond acceptors (Lipinski definition) is 3. The van der Waals surface area contributed by atoms with Crippen LogP contribution in [-0.2, 0) is 6.54 Å². The molecule has 0 atom stereocenters. The minimum Gasteiger partial charge on any atom is -0.336 e. The third-order valence-electron chi connectivity index (χ3n) is 3.02. The van der Waals surface area contributed by atoms with Gasteiger partial charge < -0.3 is 15.5 Å². The number of urea groups is 1. The predicted octanol–water partition coefficient (Wildman–Crippen LogP) is 1.48. The van der Waals surface area contributed by atoms with Gasteiger partial charge in [0.05, 0.1) is 0 Å². The number of amides is 2. The van der Waals surface area contributed by atoms with Gasteiger partial charge in [-0.15, -0.1) is 11.3 Å². The van der Waals surface area contributed by atoms with Crippen LogP contribution in [0.3, 0.4) is 0 Å². The molecule has 4 nitrogen and oxygen atoms in total. The van der Waals surface area contributed by atoms with Crippen LogP contribution in [-0.4, -0.2) is 37.1 Å². The van der Waals surface area contributed by atoms with Crippen molar-refractivity contribution in [3.8, 4) is 0 Å². The van der Waals surface area contributed by atoms with Gasteiger partial charge in [-0.3, -0.25) is 0 Å². The Morgan fingerprint density at radius 3 is 2.94 bits per heavy atom. The third-order valence-corrected chi connectivity index (χ3v) is 4.17. The first kappa shape index (κ1) is 12.4. The first-order valence-electron chi connectivity index (χ1n) is 5.96. The van der Waals surface area contributed by atoms with Crippen LogP contribution in [0.5, 0.6) is 0 Å². The smallest absolute Gasteiger partial charge is 0.317 e. The van der Waals surface area contributed by atoms with Gasteiger partial charge >= 0.3 is 6.03 Å². The van der Waals surface area contributed by atoms with Crippen molar-refractivity contribution in [3.63, 3.8) is 0 Å². The fraction of sp³-hybridized carbons (Fsp3) is 0.583. The second-order valence-corrected chi connectivity index (χ2v) is 5.69. The molecular weight excluding hydrogens is 234 g/mol. The maximum Gasteiger partial charge on any atom is 0.317 e. The van der Waals surface area contributed by atoms with E-state index in [4.69, 9.17) is 0 Å². The van der Waals surface area contributed by atoms with Crippen molar-refractivity contribution >= 4 is 17.4 Å². The molecule has 0 spiro atoms. The van der Waals surface area contributed by atoms with Crippen LogP contribution in [0.1, 0.15) is 15.3 Å². The van der Waals surface area contributed by atoms with Crippen molar-refractivity contribution in [2.75, 3.05) is 26.2 Å². The molecule has 0 aromatic carbocycles. The lowest BCUT2D eigenvalue weighted by molar-refractivity contribution is 0.217. The molecule has 2 rings (SSSR count). The standard InChI is InChI=1S/C12H19N3OS/c1-9-7-11(17-10(9)2)8-13-3-5-15-6-4-14-12(15)16/h7,13H,3-6,8H2,1-2H3,(H,14,16). The van der Waals surface area contributed by atoms with Crippen molar-refractivity contribution in [3.05, 3.63) is 21.4 Å². The van der Waals surface area contributed by atoms with E-state index in [1.54, 1.807) is 0 Å². The Morgan fingerprint density at radius 2 is 2.35 bits per heavy atom. The van der Waals surface area contributed by atoms with Crippen molar-refractivity contribution in [1.82, 2.24) is 15.5 Å². The molecule has 94 valence electrons. The molecule has 2 amide bonds.